The molecule has 0 aliphatic rings. The van der Waals surface area contributed by atoms with E-state index in [0.717, 1.165) is 5.70 Å². The Balaban J connectivity index is 4.19. The van der Waals surface area contributed by atoms with Gasteiger partial charge in [-0.05, 0) is 13.0 Å². The molecule has 90 valence electrons. The van der Waals surface area contributed by atoms with Crippen LogP contribution in [-0.2, 0) is 0 Å². The van der Waals surface area contributed by atoms with Gasteiger partial charge in [-0.3, -0.25) is 4.99 Å². The molecule has 2 N–H and O–H groups in total. The molecule has 0 fully saturated rings. The average molecular weight is 243 g/mol. The highest BCUT2D eigenvalue weighted by Crippen LogP contribution is 2.11. The summed E-state index contributed by atoms with van der Waals surface area (Å²) < 4.78 is 0. The first-order chi connectivity index (χ1) is 7.47. The smallest absolute Gasteiger partial charge is 0.113 e. The molecular weight excluding hydrogens is 224 g/mol. The average Bonchev–Trinajstić information content (AvgIpc) is 2.22. The van der Waals surface area contributed by atoms with E-state index < -0.39 is 0 Å². The van der Waals surface area contributed by atoms with Crippen LogP contribution in [0.4, 0.5) is 0 Å². The standard InChI is InChI=1S/C12H19ClN2O/c1-9(5-6-11(3)15-8-16)12(4)14-7-10(2)13/h5-7,9-10,15-16H,3-4,8H2,1-2H3/b6-5-,14-7?. The number of halogens is 1. The first kappa shape index (κ1) is 14.9. The highest BCUT2D eigenvalue weighted by Gasteiger charge is 2.00. The normalized spacial score (nSPS) is 15.2. The topological polar surface area (TPSA) is 44.6 Å². The molecule has 0 saturated heterocycles. The Morgan fingerprint density at radius 1 is 1.50 bits per heavy atom. The summed E-state index contributed by atoms with van der Waals surface area (Å²) >= 11 is 5.73. The lowest BCUT2D eigenvalue weighted by Gasteiger charge is -2.06. The van der Waals surface area contributed by atoms with Crippen molar-refractivity contribution in [2.45, 2.75) is 19.2 Å². The lowest BCUT2D eigenvalue weighted by Crippen LogP contribution is -2.11. The van der Waals surface area contributed by atoms with Crippen molar-refractivity contribution in [3.8, 4) is 0 Å². The first-order valence-corrected chi connectivity index (χ1v) is 5.50. The van der Waals surface area contributed by atoms with Crippen molar-refractivity contribution in [2.75, 3.05) is 6.73 Å². The van der Waals surface area contributed by atoms with Gasteiger partial charge in [-0.15, -0.1) is 11.6 Å². The third-order valence-electron chi connectivity index (χ3n) is 1.86. The molecule has 0 aromatic rings. The van der Waals surface area contributed by atoms with Gasteiger partial charge < -0.3 is 10.4 Å². The number of aliphatic imine (C=N–C) groups is 1. The summed E-state index contributed by atoms with van der Waals surface area (Å²) in [6.45, 7) is 11.2. The molecule has 3 nitrogen and oxygen atoms in total. The van der Waals surface area contributed by atoms with Crippen molar-refractivity contribution < 1.29 is 5.11 Å². The second kappa shape index (κ2) is 8.13. The molecular formula is C12H19ClN2O. The Labute approximate surface area is 102 Å². The Kier molecular flexibility index (Phi) is 7.60. The zero-order chi connectivity index (χ0) is 12.6. The third-order valence-corrected chi connectivity index (χ3v) is 1.98. The molecule has 0 spiro atoms. The van der Waals surface area contributed by atoms with Gasteiger partial charge in [-0.25, -0.2) is 0 Å². The summed E-state index contributed by atoms with van der Waals surface area (Å²) in [7, 11) is 0. The molecule has 0 aromatic carbocycles. The third kappa shape index (κ3) is 7.26. The molecule has 0 aliphatic carbocycles. The van der Waals surface area contributed by atoms with E-state index in [9.17, 15) is 0 Å². The highest BCUT2D eigenvalue weighted by molar-refractivity contribution is 6.27. The van der Waals surface area contributed by atoms with Crippen molar-refractivity contribution in [3.05, 3.63) is 36.7 Å². The lowest BCUT2D eigenvalue weighted by molar-refractivity contribution is 0.276. The van der Waals surface area contributed by atoms with Gasteiger partial charge in [-0.2, -0.15) is 0 Å². The van der Waals surface area contributed by atoms with Crippen LogP contribution in [0, 0.1) is 5.92 Å². The van der Waals surface area contributed by atoms with Crippen LogP contribution in [0.1, 0.15) is 13.8 Å². The number of alkyl halides is 1. The summed E-state index contributed by atoms with van der Waals surface area (Å²) in [6, 6.07) is 0. The number of rotatable bonds is 7. The molecule has 2 unspecified atom stereocenters. The maximum absolute atomic E-state index is 8.59. The number of nitrogens with one attached hydrogen (secondary N) is 1. The van der Waals surface area contributed by atoms with Crippen LogP contribution in [0.15, 0.2) is 41.7 Å². The van der Waals surface area contributed by atoms with Crippen LogP contribution in [0.5, 0.6) is 0 Å². The number of allylic oxidation sites excluding steroid dienone is 2. The van der Waals surface area contributed by atoms with Crippen molar-refractivity contribution in [2.24, 2.45) is 10.9 Å². The number of hydrogen-bond donors (Lipinski definition) is 2. The fourth-order valence-electron chi connectivity index (χ4n) is 0.848. The number of aliphatic hydroxyl groups is 1. The fourth-order valence-corrected chi connectivity index (χ4v) is 0.904. The number of hydrogen-bond acceptors (Lipinski definition) is 3. The fraction of sp³-hybridized carbons (Fsp3) is 0.417. The molecule has 0 aliphatic heterocycles. The second-order valence-electron chi connectivity index (χ2n) is 3.45. The van der Waals surface area contributed by atoms with E-state index in [4.69, 9.17) is 16.7 Å². The largest absolute Gasteiger partial charge is 0.377 e. The van der Waals surface area contributed by atoms with Crippen molar-refractivity contribution in [1.29, 1.82) is 0 Å². The van der Waals surface area contributed by atoms with Crippen LogP contribution in [0.3, 0.4) is 0 Å². The lowest BCUT2D eigenvalue weighted by atomic mass is 10.1. The molecule has 4 heteroatoms. The monoisotopic (exact) mass is 242 g/mol. The van der Waals surface area contributed by atoms with Crippen LogP contribution in [-0.4, -0.2) is 23.4 Å². The molecule has 0 bridgehead atoms. The Hall–Kier alpha value is -1.06. The van der Waals surface area contributed by atoms with E-state index in [-0.39, 0.29) is 18.0 Å². The van der Waals surface area contributed by atoms with Crippen molar-refractivity contribution in [3.63, 3.8) is 0 Å². The van der Waals surface area contributed by atoms with Crippen LogP contribution in [0.2, 0.25) is 0 Å². The predicted octanol–water partition coefficient (Wildman–Crippen LogP) is 2.44. The Morgan fingerprint density at radius 3 is 2.62 bits per heavy atom. The summed E-state index contributed by atoms with van der Waals surface area (Å²) in [5.41, 5.74) is 1.39. The van der Waals surface area contributed by atoms with E-state index in [2.05, 4.69) is 23.5 Å². The minimum atomic E-state index is -0.125. The minimum Gasteiger partial charge on any atom is -0.377 e. The highest BCUT2D eigenvalue weighted by atomic mass is 35.5. The van der Waals surface area contributed by atoms with Gasteiger partial charge in [0.05, 0.1) is 5.38 Å². The van der Waals surface area contributed by atoms with Gasteiger partial charge in [0.2, 0.25) is 0 Å². The summed E-state index contributed by atoms with van der Waals surface area (Å²) in [6.07, 6.45) is 5.34. The van der Waals surface area contributed by atoms with Gasteiger partial charge in [0.15, 0.2) is 0 Å². The molecule has 0 heterocycles. The number of nitrogens with zero attached hydrogens (tertiary/aromatic N) is 1. The van der Waals surface area contributed by atoms with Crippen LogP contribution in [0.25, 0.3) is 0 Å². The first-order valence-electron chi connectivity index (χ1n) is 5.06. The molecule has 2 atom stereocenters. The van der Waals surface area contributed by atoms with Crippen LogP contribution >= 0.6 is 11.6 Å². The van der Waals surface area contributed by atoms with Gasteiger partial charge in [0, 0.05) is 23.5 Å². The SMILES string of the molecule is C=C(/C=C\C(C)C(=C)N=CC(C)Cl)NCO. The molecule has 0 amide bonds. The van der Waals surface area contributed by atoms with Gasteiger partial charge in [0.25, 0.3) is 0 Å². The van der Waals surface area contributed by atoms with Gasteiger partial charge in [0.1, 0.15) is 6.73 Å². The Morgan fingerprint density at radius 2 is 2.12 bits per heavy atom. The summed E-state index contributed by atoms with van der Waals surface area (Å²) in [4.78, 5) is 4.15. The number of aliphatic hydroxyl groups excluding tert-OH is 1. The van der Waals surface area contributed by atoms with Crippen LogP contribution < -0.4 is 5.32 Å². The van der Waals surface area contributed by atoms with E-state index in [1.54, 1.807) is 12.3 Å². The quantitative estimate of drug-likeness (QED) is 0.312. The predicted molar refractivity (Wildman–Crippen MR) is 70.6 cm³/mol. The second-order valence-corrected chi connectivity index (χ2v) is 4.14. The zero-order valence-corrected chi connectivity index (χ0v) is 10.5. The zero-order valence-electron chi connectivity index (χ0n) is 9.78. The summed E-state index contributed by atoms with van der Waals surface area (Å²) in [5.74, 6) is 0.101. The maximum atomic E-state index is 8.59. The summed E-state index contributed by atoms with van der Waals surface area (Å²) in [5, 5.41) is 11.2. The molecule has 16 heavy (non-hydrogen) atoms. The maximum Gasteiger partial charge on any atom is 0.113 e. The van der Waals surface area contributed by atoms with Gasteiger partial charge in [-0.1, -0.05) is 26.2 Å². The van der Waals surface area contributed by atoms with E-state index >= 15 is 0 Å². The van der Waals surface area contributed by atoms with Crippen molar-refractivity contribution >= 4 is 17.8 Å². The van der Waals surface area contributed by atoms with E-state index in [1.165, 1.54) is 0 Å². The van der Waals surface area contributed by atoms with E-state index in [1.807, 2.05) is 19.9 Å². The molecule has 0 saturated carbocycles. The van der Waals surface area contributed by atoms with Gasteiger partial charge >= 0.3 is 0 Å². The molecule has 0 aromatic heterocycles. The molecule has 0 rings (SSSR count). The van der Waals surface area contributed by atoms with Crippen molar-refractivity contribution in [1.82, 2.24) is 5.32 Å². The Bertz CT molecular complexity index is 295. The minimum absolute atomic E-state index is 0.0982. The van der Waals surface area contributed by atoms with E-state index in [0.29, 0.717) is 5.70 Å². The molecule has 0 radical (unpaired) electrons.